The Morgan fingerprint density at radius 1 is 1.03 bits per heavy atom. The number of alkyl halides is 3. The van der Waals surface area contributed by atoms with Crippen molar-refractivity contribution in [3.63, 3.8) is 0 Å². The number of aryl methyl sites for hydroxylation is 1. The van der Waals surface area contributed by atoms with E-state index in [9.17, 15) is 26.4 Å². The summed E-state index contributed by atoms with van der Waals surface area (Å²) < 4.78 is 78.4. The van der Waals surface area contributed by atoms with Gasteiger partial charge in [0.05, 0.1) is 30.4 Å². The maximum absolute atomic E-state index is 13.9. The predicted octanol–water partition coefficient (Wildman–Crippen LogP) is 4.55. The molecule has 0 spiro atoms. The first-order chi connectivity index (χ1) is 18.0. The molecule has 2 aromatic carbocycles. The van der Waals surface area contributed by atoms with Crippen molar-refractivity contribution < 1.29 is 35.9 Å². The van der Waals surface area contributed by atoms with E-state index in [1.54, 1.807) is 62.4 Å². The van der Waals surface area contributed by atoms with Gasteiger partial charge in [-0.2, -0.15) is 13.2 Å². The number of ether oxygens (including phenoxy) is 2. The van der Waals surface area contributed by atoms with Crippen LogP contribution < -0.4 is 9.04 Å². The molecule has 38 heavy (non-hydrogen) atoms. The van der Waals surface area contributed by atoms with Gasteiger partial charge in [-0.1, -0.05) is 55.5 Å². The van der Waals surface area contributed by atoms with Crippen molar-refractivity contribution >= 4 is 21.7 Å². The van der Waals surface area contributed by atoms with Gasteiger partial charge in [-0.05, 0) is 36.7 Å². The van der Waals surface area contributed by atoms with Crippen LogP contribution >= 0.6 is 0 Å². The zero-order valence-corrected chi connectivity index (χ0v) is 21.9. The van der Waals surface area contributed by atoms with Crippen molar-refractivity contribution in [1.29, 1.82) is 0 Å². The highest BCUT2D eigenvalue weighted by atomic mass is 32.2. The van der Waals surface area contributed by atoms with Crippen molar-refractivity contribution in [3.8, 4) is 5.88 Å². The van der Waals surface area contributed by atoms with Crippen LogP contribution in [-0.2, 0) is 26.1 Å². The molecule has 0 aliphatic heterocycles. The van der Waals surface area contributed by atoms with Crippen LogP contribution in [0.2, 0.25) is 0 Å². The zero-order chi connectivity index (χ0) is 27.9. The molecule has 0 saturated carbocycles. The number of halogens is 3. The Morgan fingerprint density at radius 3 is 2.24 bits per heavy atom. The summed E-state index contributed by atoms with van der Waals surface area (Å²) in [4.78, 5) is 17.4. The second kappa shape index (κ2) is 12.3. The van der Waals surface area contributed by atoms with Crippen LogP contribution in [0, 0.1) is 6.92 Å². The highest BCUT2D eigenvalue weighted by Gasteiger charge is 2.44. The Hall–Kier alpha value is -3.64. The van der Waals surface area contributed by atoms with Crippen LogP contribution in [0.15, 0.2) is 77.8 Å². The number of carbonyl (C=O) groups is 1. The number of anilines is 1. The van der Waals surface area contributed by atoms with E-state index in [0.717, 1.165) is 9.87 Å². The number of sulfonamides is 1. The number of methoxy groups -OCH3 is 1. The maximum Gasteiger partial charge on any atom is 0.490 e. The van der Waals surface area contributed by atoms with Crippen molar-refractivity contribution in [3.05, 3.63) is 84.1 Å². The maximum atomic E-state index is 13.9. The molecule has 0 bridgehead atoms. The lowest BCUT2D eigenvalue weighted by atomic mass is 10.2. The number of pyridine rings is 1. The summed E-state index contributed by atoms with van der Waals surface area (Å²) in [5.74, 6) is -2.21. The molecule has 12 heteroatoms. The second-order valence-electron chi connectivity index (χ2n) is 8.27. The van der Waals surface area contributed by atoms with Crippen molar-refractivity contribution in [2.75, 3.05) is 24.5 Å². The Bertz CT molecular complexity index is 1320. The lowest BCUT2D eigenvalue weighted by molar-refractivity contribution is -0.212. The summed E-state index contributed by atoms with van der Waals surface area (Å²) >= 11 is 0. The number of carbonyl (C=O) groups excluding carboxylic acids is 1. The number of aromatic nitrogens is 1. The van der Waals surface area contributed by atoms with Crippen LogP contribution in [0.3, 0.4) is 0 Å². The highest BCUT2D eigenvalue weighted by Crippen LogP contribution is 2.28. The lowest BCUT2D eigenvalue weighted by Gasteiger charge is -2.35. The topological polar surface area (TPSA) is 89.0 Å². The summed E-state index contributed by atoms with van der Waals surface area (Å²) in [6.07, 6.45) is -5.63. The van der Waals surface area contributed by atoms with Crippen LogP contribution in [0.25, 0.3) is 0 Å². The average Bonchev–Trinajstić information content (AvgIpc) is 2.89. The smallest absolute Gasteiger partial charge is 0.481 e. The van der Waals surface area contributed by atoms with Gasteiger partial charge in [0.2, 0.25) is 5.88 Å². The highest BCUT2D eigenvalue weighted by molar-refractivity contribution is 7.92. The quantitative estimate of drug-likeness (QED) is 0.255. The zero-order valence-electron chi connectivity index (χ0n) is 21.1. The molecule has 0 amide bonds. The fourth-order valence-corrected chi connectivity index (χ4v) is 5.41. The summed E-state index contributed by atoms with van der Waals surface area (Å²) in [6.45, 7) is 2.90. The van der Waals surface area contributed by atoms with E-state index in [4.69, 9.17) is 9.47 Å². The summed E-state index contributed by atoms with van der Waals surface area (Å²) in [5.41, 5.74) is 1.22. The second-order valence-corrected chi connectivity index (χ2v) is 10.1. The van der Waals surface area contributed by atoms with E-state index < -0.39 is 34.9 Å². The molecule has 0 aliphatic rings. The molecule has 1 heterocycles. The summed E-state index contributed by atoms with van der Waals surface area (Å²) in [6, 6.07) is 17.9. The number of esters is 1. The minimum atomic E-state index is -5.27. The molecule has 3 aromatic rings. The van der Waals surface area contributed by atoms with Gasteiger partial charge < -0.3 is 9.47 Å². The molecule has 0 N–H and O–H groups in total. The van der Waals surface area contributed by atoms with Crippen molar-refractivity contribution in [1.82, 2.24) is 9.88 Å². The van der Waals surface area contributed by atoms with Gasteiger partial charge in [0.25, 0.3) is 10.0 Å². The minimum Gasteiger partial charge on any atom is -0.481 e. The third kappa shape index (κ3) is 7.01. The molecular formula is C26H28F3N3O5S. The third-order valence-corrected chi connectivity index (χ3v) is 7.67. The molecule has 1 aromatic heterocycles. The van der Waals surface area contributed by atoms with Gasteiger partial charge in [-0.15, -0.1) is 0 Å². The lowest BCUT2D eigenvalue weighted by Crippen LogP contribution is -2.49. The summed E-state index contributed by atoms with van der Waals surface area (Å²) in [7, 11) is -2.94. The molecule has 204 valence electrons. The Labute approximate surface area is 219 Å². The monoisotopic (exact) mass is 551 g/mol. The SMILES string of the molecule is CCN(Cc1ccccc1)C(CN(c1ccc(OC)nc1)S(=O)(=O)c1ccccc1C)OC(=O)C(F)(F)F. The Morgan fingerprint density at radius 2 is 1.68 bits per heavy atom. The Kier molecular flexibility index (Phi) is 9.34. The van der Waals surface area contributed by atoms with Gasteiger partial charge >= 0.3 is 12.1 Å². The standard InChI is InChI=1S/C26H28F3N3O5S/c1-4-31(17-20-11-6-5-7-12-20)24(37-25(33)26(27,28)29)18-32(21-14-15-23(36-3)30-16-21)38(34,35)22-13-9-8-10-19(22)2/h5-16,24H,4,17-18H2,1-3H3. The van der Waals surface area contributed by atoms with E-state index >= 15 is 0 Å². The van der Waals surface area contributed by atoms with Gasteiger partial charge in [0.1, 0.15) is 0 Å². The van der Waals surface area contributed by atoms with Gasteiger partial charge in [0, 0.05) is 12.6 Å². The molecule has 8 nitrogen and oxygen atoms in total. The van der Waals surface area contributed by atoms with E-state index in [2.05, 4.69) is 4.98 Å². The van der Waals surface area contributed by atoms with Crippen LogP contribution in [0.5, 0.6) is 5.88 Å². The largest absolute Gasteiger partial charge is 0.490 e. The first-order valence-electron chi connectivity index (χ1n) is 11.6. The number of likely N-dealkylation sites (N-methyl/N-ethyl adjacent to an activating group) is 1. The molecule has 0 saturated heterocycles. The normalized spacial score (nSPS) is 12.7. The first kappa shape index (κ1) is 28.9. The van der Waals surface area contributed by atoms with Gasteiger partial charge in [0.15, 0.2) is 6.23 Å². The number of benzene rings is 2. The number of hydrogen-bond acceptors (Lipinski definition) is 7. The molecule has 1 atom stereocenters. The van der Waals surface area contributed by atoms with E-state index in [-0.39, 0.29) is 29.6 Å². The van der Waals surface area contributed by atoms with Crippen molar-refractivity contribution in [2.24, 2.45) is 0 Å². The molecule has 0 radical (unpaired) electrons. The minimum absolute atomic E-state index is 0.0529. The molecular weight excluding hydrogens is 523 g/mol. The van der Waals surface area contributed by atoms with Gasteiger partial charge in [-0.3, -0.25) is 9.21 Å². The average molecular weight is 552 g/mol. The first-order valence-corrected chi connectivity index (χ1v) is 13.1. The van der Waals surface area contributed by atoms with E-state index in [1.165, 1.54) is 36.4 Å². The number of hydrogen-bond donors (Lipinski definition) is 0. The molecule has 1 unspecified atom stereocenters. The fourth-order valence-electron chi connectivity index (χ4n) is 3.74. The van der Waals surface area contributed by atoms with E-state index in [1.807, 2.05) is 0 Å². The molecule has 0 fully saturated rings. The molecule has 0 aliphatic carbocycles. The number of rotatable bonds is 11. The fraction of sp³-hybridized carbons (Fsp3) is 0.308. The van der Waals surface area contributed by atoms with Crippen LogP contribution in [0.4, 0.5) is 18.9 Å². The van der Waals surface area contributed by atoms with Crippen molar-refractivity contribution in [2.45, 2.75) is 37.7 Å². The van der Waals surface area contributed by atoms with Gasteiger partial charge in [-0.25, -0.2) is 18.2 Å². The molecule has 3 rings (SSSR count). The summed E-state index contributed by atoms with van der Waals surface area (Å²) in [5, 5.41) is 0. The van der Waals surface area contributed by atoms with Crippen LogP contribution in [-0.4, -0.2) is 56.9 Å². The predicted molar refractivity (Wildman–Crippen MR) is 135 cm³/mol. The third-order valence-electron chi connectivity index (χ3n) is 5.72. The Balaban J connectivity index is 2.10. The van der Waals surface area contributed by atoms with Crippen LogP contribution in [0.1, 0.15) is 18.1 Å². The van der Waals surface area contributed by atoms with E-state index in [0.29, 0.717) is 5.56 Å². The number of nitrogens with zero attached hydrogens (tertiary/aromatic N) is 3.